The lowest BCUT2D eigenvalue weighted by Crippen LogP contribution is -2.43. The van der Waals surface area contributed by atoms with Gasteiger partial charge in [-0.1, -0.05) is 45.2 Å². The number of methoxy groups -OCH3 is 2. The van der Waals surface area contributed by atoms with Crippen molar-refractivity contribution in [3.63, 3.8) is 0 Å². The number of unbranched alkanes of at least 4 members (excludes halogenated alkanes) is 1. The lowest BCUT2D eigenvalue weighted by molar-refractivity contribution is 0.000956. The van der Waals surface area contributed by atoms with Crippen LogP contribution >= 0.6 is 34.0 Å². The number of amides is 2. The summed E-state index contributed by atoms with van der Waals surface area (Å²) in [6, 6.07) is 12.0. The topological polar surface area (TPSA) is 137 Å². The van der Waals surface area contributed by atoms with E-state index in [9.17, 15) is 9.59 Å². The molecule has 4 aromatic heterocycles. The molecule has 2 amide bonds. The van der Waals surface area contributed by atoms with Crippen molar-refractivity contribution < 1.29 is 47.5 Å². The summed E-state index contributed by atoms with van der Waals surface area (Å²) in [6.45, 7) is 11.5. The maximum absolute atomic E-state index is 14.2. The molecule has 6 aromatic rings. The van der Waals surface area contributed by atoms with E-state index in [2.05, 4.69) is 36.7 Å². The smallest absolute Gasteiger partial charge is 0.261 e. The molecular weight excluding hydrogens is 899 g/mol. The molecule has 1 atom stereocenters. The highest BCUT2D eigenvalue weighted by Gasteiger charge is 2.38. The van der Waals surface area contributed by atoms with E-state index in [4.69, 9.17) is 47.9 Å². The predicted molar refractivity (Wildman–Crippen MR) is 261 cm³/mol. The van der Waals surface area contributed by atoms with Crippen LogP contribution in [0.2, 0.25) is 0 Å². The Balaban J connectivity index is 1.09. The molecule has 8 rings (SSSR count). The Morgan fingerprint density at radius 1 is 0.545 bits per heavy atom. The van der Waals surface area contributed by atoms with Gasteiger partial charge in [-0.3, -0.25) is 14.5 Å². The number of rotatable bonds is 30. The average molecular weight is 958 g/mol. The van der Waals surface area contributed by atoms with E-state index < -0.39 is 0 Å². The molecule has 0 fully saturated rings. The minimum absolute atomic E-state index is 0.231. The maximum Gasteiger partial charge on any atom is 0.261 e. The summed E-state index contributed by atoms with van der Waals surface area (Å²) in [5, 5.41) is 5.74. The SMILES string of the molecule is CCCCC(CC)CN1C(=O)c2ccc3c4c(ccc(c24)C1=O)-c1nc2c(-c4sccc4COCCOCCOCCOC)sc(-c4sccc4COCCOCCOCCOC)c2nc1-3. The fourth-order valence-electron chi connectivity index (χ4n) is 8.43. The molecule has 1 aliphatic carbocycles. The van der Waals surface area contributed by atoms with Gasteiger partial charge in [0.15, 0.2) is 0 Å². The van der Waals surface area contributed by atoms with E-state index in [0.29, 0.717) is 116 Å². The molecule has 13 nitrogen and oxygen atoms in total. The standard InChI is InChI=1S/C50H59N3O10S3/c1-5-7-8-32(6-2)29-53-49(54)37-11-9-35-39-36(10-12-38(40(37)39)50(53)55)42-41(35)51-43-44(52-42)48(46-34(14-28-65-46)31-63-26-24-61-22-20-59-18-16-57-4)66-47(43)45-33(13-27-64-45)30-62-25-23-60-21-19-58-17-15-56-3/h9-14,27-28,32H,5-8,15-26,29-31H2,1-4H3. The number of hydrogen-bond acceptors (Lipinski definition) is 15. The van der Waals surface area contributed by atoms with Crippen LogP contribution in [0.15, 0.2) is 47.2 Å². The maximum atomic E-state index is 14.2. The molecule has 0 saturated heterocycles. The van der Waals surface area contributed by atoms with Gasteiger partial charge in [-0.15, -0.1) is 34.0 Å². The summed E-state index contributed by atoms with van der Waals surface area (Å²) in [4.78, 5) is 45.1. The third-order valence-electron chi connectivity index (χ3n) is 11.9. The largest absolute Gasteiger partial charge is 0.382 e. The Morgan fingerprint density at radius 3 is 1.41 bits per heavy atom. The van der Waals surface area contributed by atoms with Crippen LogP contribution in [0.1, 0.15) is 71.4 Å². The van der Waals surface area contributed by atoms with Gasteiger partial charge in [-0.2, -0.15) is 0 Å². The first-order valence-electron chi connectivity index (χ1n) is 22.9. The number of aromatic nitrogens is 2. The molecule has 352 valence electrons. The van der Waals surface area contributed by atoms with Crippen LogP contribution in [-0.2, 0) is 51.1 Å². The van der Waals surface area contributed by atoms with Crippen molar-refractivity contribution in [2.45, 2.75) is 52.7 Å². The minimum atomic E-state index is -0.231. The number of carbonyl (C=O) groups is 2. The quantitative estimate of drug-likeness (QED) is 0.0313. The summed E-state index contributed by atoms with van der Waals surface area (Å²) in [5.41, 5.74) is 8.07. The van der Waals surface area contributed by atoms with Gasteiger partial charge >= 0.3 is 0 Å². The van der Waals surface area contributed by atoms with Crippen LogP contribution in [-0.4, -0.2) is 127 Å². The third-order valence-corrected chi connectivity index (χ3v) is 15.3. The third kappa shape index (κ3) is 10.6. The molecule has 1 aliphatic heterocycles. The molecular formula is C50H59N3O10S3. The molecule has 5 heterocycles. The lowest BCUT2D eigenvalue weighted by Gasteiger charge is -2.30. The molecule has 2 aliphatic rings. The second-order valence-corrected chi connectivity index (χ2v) is 19.0. The molecule has 1 unspecified atom stereocenters. The summed E-state index contributed by atoms with van der Waals surface area (Å²) in [7, 11) is 3.30. The van der Waals surface area contributed by atoms with Crippen molar-refractivity contribution >= 4 is 67.6 Å². The number of benzene rings is 2. The van der Waals surface area contributed by atoms with E-state index in [0.717, 1.165) is 95.3 Å². The van der Waals surface area contributed by atoms with Crippen molar-refractivity contribution in [3.8, 4) is 42.0 Å². The van der Waals surface area contributed by atoms with E-state index in [1.807, 2.05) is 24.3 Å². The van der Waals surface area contributed by atoms with E-state index >= 15 is 0 Å². The summed E-state index contributed by atoms with van der Waals surface area (Å²) < 4.78 is 44.8. The molecule has 0 spiro atoms. The van der Waals surface area contributed by atoms with E-state index in [1.54, 1.807) is 48.2 Å². The van der Waals surface area contributed by atoms with Crippen LogP contribution in [0.3, 0.4) is 0 Å². The average Bonchev–Trinajstić information content (AvgIpc) is 4.14. The fourth-order valence-corrected chi connectivity index (χ4v) is 11.8. The zero-order chi connectivity index (χ0) is 45.8. The Morgan fingerprint density at radius 2 is 0.970 bits per heavy atom. The van der Waals surface area contributed by atoms with Crippen LogP contribution in [0.25, 0.3) is 63.8 Å². The second kappa shape index (κ2) is 23.8. The highest BCUT2D eigenvalue weighted by atomic mass is 32.1. The summed E-state index contributed by atoms with van der Waals surface area (Å²) in [5.74, 6) is -0.203. The van der Waals surface area contributed by atoms with Crippen molar-refractivity contribution in [2.24, 2.45) is 5.92 Å². The number of fused-ring (bicyclic) bond motifs is 4. The van der Waals surface area contributed by atoms with Crippen molar-refractivity contribution in [2.75, 3.05) is 100 Å². The van der Waals surface area contributed by atoms with E-state index in [-0.39, 0.29) is 17.7 Å². The van der Waals surface area contributed by atoms with Gasteiger partial charge in [-0.25, -0.2) is 9.97 Å². The van der Waals surface area contributed by atoms with Gasteiger partial charge in [0.2, 0.25) is 0 Å². The molecule has 0 N–H and O–H groups in total. The summed E-state index contributed by atoms with van der Waals surface area (Å²) in [6.07, 6.45) is 4.04. The van der Waals surface area contributed by atoms with Gasteiger partial charge < -0.3 is 37.9 Å². The highest BCUT2D eigenvalue weighted by molar-refractivity contribution is 7.27. The lowest BCUT2D eigenvalue weighted by atomic mass is 9.89. The molecule has 66 heavy (non-hydrogen) atoms. The Bertz CT molecular complexity index is 2430. The van der Waals surface area contributed by atoms with Crippen LogP contribution in [0, 0.1) is 5.92 Å². The summed E-state index contributed by atoms with van der Waals surface area (Å²) >= 11 is 5.00. The second-order valence-electron chi connectivity index (χ2n) is 16.2. The molecule has 0 bridgehead atoms. The zero-order valence-electron chi connectivity index (χ0n) is 38.3. The van der Waals surface area contributed by atoms with Crippen molar-refractivity contribution in [1.29, 1.82) is 0 Å². The molecule has 2 aromatic carbocycles. The van der Waals surface area contributed by atoms with Gasteiger partial charge in [0.25, 0.3) is 11.8 Å². The number of nitrogens with zero attached hydrogens (tertiary/aromatic N) is 3. The van der Waals surface area contributed by atoms with Crippen LogP contribution < -0.4 is 0 Å². The van der Waals surface area contributed by atoms with Crippen LogP contribution in [0.5, 0.6) is 0 Å². The number of hydrogen-bond donors (Lipinski definition) is 0. The Labute approximate surface area is 398 Å². The van der Waals surface area contributed by atoms with Crippen molar-refractivity contribution in [1.82, 2.24) is 14.9 Å². The van der Waals surface area contributed by atoms with Crippen molar-refractivity contribution in [3.05, 3.63) is 69.4 Å². The van der Waals surface area contributed by atoms with E-state index in [1.165, 1.54) is 4.90 Å². The Kier molecular flexibility index (Phi) is 17.5. The fraction of sp³-hybridized carbons (Fsp3) is 0.480. The monoisotopic (exact) mass is 957 g/mol. The van der Waals surface area contributed by atoms with Gasteiger partial charge in [-0.05, 0) is 58.5 Å². The first kappa shape index (κ1) is 48.4. The van der Waals surface area contributed by atoms with Crippen LogP contribution in [0.4, 0.5) is 0 Å². The van der Waals surface area contributed by atoms with Gasteiger partial charge in [0.05, 0.1) is 123 Å². The molecule has 0 radical (unpaired) electrons. The Hall–Kier alpha value is -4.04. The predicted octanol–water partition coefficient (Wildman–Crippen LogP) is 10.2. The molecule has 0 saturated carbocycles. The number of thiophene rings is 3. The highest BCUT2D eigenvalue weighted by Crippen LogP contribution is 2.53. The van der Waals surface area contributed by atoms with Gasteiger partial charge in [0, 0.05) is 53.8 Å². The number of imide groups is 1. The zero-order valence-corrected chi connectivity index (χ0v) is 40.7. The minimum Gasteiger partial charge on any atom is -0.382 e. The number of ether oxygens (including phenoxy) is 8. The first-order chi connectivity index (χ1) is 32.5. The molecule has 16 heteroatoms. The number of carbonyl (C=O) groups excluding carboxylic acids is 2. The normalized spacial score (nSPS) is 13.5. The van der Waals surface area contributed by atoms with Gasteiger partial charge in [0.1, 0.15) is 11.0 Å². The first-order valence-corrected chi connectivity index (χ1v) is 25.4.